The molecule has 2 nitrogen and oxygen atoms in total. The van der Waals surface area contributed by atoms with E-state index >= 15 is 0 Å². The SMILES string of the molecule is Cc1cc(C)c(C(=O)P2(=O)C3CCCC2CCC3)c(C)c1. The normalized spacial score (nSPS) is 32.0. The lowest BCUT2D eigenvalue weighted by Crippen LogP contribution is -2.33. The molecule has 21 heavy (non-hydrogen) atoms. The summed E-state index contributed by atoms with van der Waals surface area (Å²) >= 11 is 0. The minimum Gasteiger partial charge on any atom is -0.315 e. The minimum absolute atomic E-state index is 0.00750. The molecule has 0 radical (unpaired) electrons. The first-order valence-corrected chi connectivity index (χ1v) is 10.0. The number of carbonyl (C=O) groups is 1. The second kappa shape index (κ2) is 5.39. The van der Waals surface area contributed by atoms with Crippen molar-refractivity contribution in [3.05, 3.63) is 34.4 Å². The highest BCUT2D eigenvalue weighted by Crippen LogP contribution is 2.67. The molecule has 2 aliphatic rings. The van der Waals surface area contributed by atoms with Crippen LogP contribution in [0.2, 0.25) is 0 Å². The van der Waals surface area contributed by atoms with Gasteiger partial charge in [-0.15, -0.1) is 0 Å². The summed E-state index contributed by atoms with van der Waals surface area (Å²) in [6.07, 6.45) is 6.26. The van der Waals surface area contributed by atoms with Gasteiger partial charge >= 0.3 is 0 Å². The van der Waals surface area contributed by atoms with Gasteiger partial charge < -0.3 is 4.57 Å². The molecule has 0 spiro atoms. The van der Waals surface area contributed by atoms with Crippen LogP contribution >= 0.6 is 7.14 Å². The molecule has 0 unspecified atom stereocenters. The number of aryl methyl sites for hydroxylation is 3. The predicted molar refractivity (Wildman–Crippen MR) is 87.9 cm³/mol. The van der Waals surface area contributed by atoms with Gasteiger partial charge in [0.25, 0.3) is 0 Å². The highest BCUT2D eigenvalue weighted by Gasteiger charge is 2.51. The molecule has 2 heterocycles. The van der Waals surface area contributed by atoms with Crippen molar-refractivity contribution in [3.8, 4) is 0 Å². The van der Waals surface area contributed by atoms with Crippen molar-refractivity contribution in [2.45, 2.75) is 70.6 Å². The summed E-state index contributed by atoms with van der Waals surface area (Å²) in [7, 11) is -2.75. The van der Waals surface area contributed by atoms with Gasteiger partial charge in [-0.2, -0.15) is 0 Å². The molecule has 2 aliphatic heterocycles. The Morgan fingerprint density at radius 3 is 1.81 bits per heavy atom. The fourth-order valence-corrected chi connectivity index (χ4v) is 8.78. The maximum atomic E-state index is 13.7. The van der Waals surface area contributed by atoms with Gasteiger partial charge in [-0.1, -0.05) is 30.5 Å². The van der Waals surface area contributed by atoms with Crippen LogP contribution in [0.4, 0.5) is 0 Å². The molecule has 1 aromatic carbocycles. The highest BCUT2D eigenvalue weighted by molar-refractivity contribution is 7.82. The maximum Gasteiger partial charge on any atom is 0.222 e. The molecule has 2 fully saturated rings. The van der Waals surface area contributed by atoms with Gasteiger partial charge in [0.15, 0.2) is 7.14 Å². The van der Waals surface area contributed by atoms with Crippen LogP contribution in [0.1, 0.15) is 65.6 Å². The second-order valence-corrected chi connectivity index (χ2v) is 10.2. The lowest BCUT2D eigenvalue weighted by Gasteiger charge is -2.41. The Morgan fingerprint density at radius 1 is 0.952 bits per heavy atom. The lowest BCUT2D eigenvalue weighted by molar-refractivity contribution is 0.106. The molecule has 2 saturated heterocycles. The Bertz CT molecular complexity index is 583. The van der Waals surface area contributed by atoms with Gasteiger partial charge in [0.05, 0.1) is 0 Å². The van der Waals surface area contributed by atoms with Crippen LogP contribution in [-0.2, 0) is 4.57 Å². The van der Waals surface area contributed by atoms with Gasteiger partial charge in [0, 0.05) is 16.9 Å². The van der Waals surface area contributed by atoms with Crippen LogP contribution in [0.5, 0.6) is 0 Å². The van der Waals surface area contributed by atoms with Crippen molar-refractivity contribution >= 4 is 12.7 Å². The average molecular weight is 304 g/mol. The highest BCUT2D eigenvalue weighted by atomic mass is 31.2. The molecule has 2 bridgehead atoms. The Labute approximate surface area is 127 Å². The third-order valence-corrected chi connectivity index (χ3v) is 9.50. The average Bonchev–Trinajstić information content (AvgIpc) is 2.36. The molecule has 3 rings (SSSR count). The monoisotopic (exact) mass is 304 g/mol. The van der Waals surface area contributed by atoms with Gasteiger partial charge in [0.2, 0.25) is 5.52 Å². The Morgan fingerprint density at radius 2 is 1.38 bits per heavy atom. The number of hydrogen-bond donors (Lipinski definition) is 0. The van der Waals surface area contributed by atoms with E-state index in [0.717, 1.165) is 55.2 Å². The van der Waals surface area contributed by atoms with Crippen LogP contribution < -0.4 is 0 Å². The summed E-state index contributed by atoms with van der Waals surface area (Å²) in [6, 6.07) is 4.10. The zero-order valence-electron chi connectivity index (χ0n) is 13.3. The fraction of sp³-hybridized carbons (Fsp3) is 0.611. The van der Waals surface area contributed by atoms with Crippen LogP contribution in [0.3, 0.4) is 0 Å². The molecule has 0 N–H and O–H groups in total. The van der Waals surface area contributed by atoms with Crippen molar-refractivity contribution in [1.29, 1.82) is 0 Å². The molecular weight excluding hydrogens is 279 g/mol. The lowest BCUT2D eigenvalue weighted by atomic mass is 9.98. The summed E-state index contributed by atoms with van der Waals surface area (Å²) < 4.78 is 13.7. The summed E-state index contributed by atoms with van der Waals surface area (Å²) in [5.74, 6) is 0. The van der Waals surface area contributed by atoms with Gasteiger partial charge in [-0.3, -0.25) is 4.79 Å². The summed E-state index contributed by atoms with van der Waals surface area (Å²) in [4.78, 5) is 13.2. The van der Waals surface area contributed by atoms with Crippen LogP contribution in [0.15, 0.2) is 12.1 Å². The molecule has 0 aromatic heterocycles. The second-order valence-electron chi connectivity index (χ2n) is 6.96. The topological polar surface area (TPSA) is 34.1 Å². The Kier molecular flexibility index (Phi) is 3.86. The summed E-state index contributed by atoms with van der Waals surface area (Å²) in [6.45, 7) is 6.02. The Hall–Kier alpha value is -0.880. The van der Waals surface area contributed by atoms with E-state index in [0.29, 0.717) is 0 Å². The van der Waals surface area contributed by atoms with Crippen LogP contribution in [0, 0.1) is 20.8 Å². The number of fused-ring (bicyclic) bond motifs is 2. The summed E-state index contributed by atoms with van der Waals surface area (Å²) in [5, 5.41) is 0. The third kappa shape index (κ3) is 2.32. The zero-order valence-corrected chi connectivity index (χ0v) is 14.2. The summed E-state index contributed by atoms with van der Waals surface area (Å²) in [5.41, 5.74) is 4.24. The van der Waals surface area contributed by atoms with E-state index in [1.54, 1.807) is 0 Å². The molecule has 0 amide bonds. The Balaban J connectivity index is 2.08. The first-order chi connectivity index (χ1) is 9.94. The van der Waals surface area contributed by atoms with Gasteiger partial charge in [-0.05, 0) is 57.6 Å². The molecule has 0 saturated carbocycles. The van der Waals surface area contributed by atoms with E-state index in [9.17, 15) is 9.36 Å². The number of benzene rings is 1. The molecule has 1 aromatic rings. The van der Waals surface area contributed by atoms with Crippen LogP contribution in [-0.4, -0.2) is 16.8 Å². The first kappa shape index (κ1) is 15.0. The van der Waals surface area contributed by atoms with Crippen molar-refractivity contribution in [3.63, 3.8) is 0 Å². The van der Waals surface area contributed by atoms with E-state index in [4.69, 9.17) is 0 Å². The molecule has 0 aliphatic carbocycles. The van der Waals surface area contributed by atoms with Gasteiger partial charge in [0.1, 0.15) is 0 Å². The number of hydrogen-bond acceptors (Lipinski definition) is 2. The third-order valence-electron chi connectivity index (χ3n) is 5.44. The van der Waals surface area contributed by atoms with E-state index in [2.05, 4.69) is 0 Å². The van der Waals surface area contributed by atoms with Crippen molar-refractivity contribution in [2.75, 3.05) is 0 Å². The van der Waals surface area contributed by atoms with Crippen molar-refractivity contribution < 1.29 is 9.36 Å². The molecule has 0 atom stereocenters. The van der Waals surface area contributed by atoms with E-state index in [-0.39, 0.29) is 16.8 Å². The van der Waals surface area contributed by atoms with Gasteiger partial charge in [-0.25, -0.2) is 0 Å². The smallest absolute Gasteiger partial charge is 0.222 e. The van der Waals surface area contributed by atoms with Crippen LogP contribution in [0.25, 0.3) is 0 Å². The van der Waals surface area contributed by atoms with E-state index in [1.807, 2.05) is 32.9 Å². The zero-order chi connectivity index (χ0) is 15.2. The quantitative estimate of drug-likeness (QED) is 0.702. The minimum atomic E-state index is -2.75. The predicted octanol–water partition coefficient (Wildman–Crippen LogP) is 5.22. The molecule has 3 heteroatoms. The van der Waals surface area contributed by atoms with Crippen molar-refractivity contribution in [2.24, 2.45) is 0 Å². The molecular formula is C18H25O2P. The number of rotatable bonds is 2. The van der Waals surface area contributed by atoms with E-state index in [1.165, 1.54) is 5.56 Å². The number of carbonyl (C=O) groups excluding carboxylic acids is 1. The van der Waals surface area contributed by atoms with E-state index < -0.39 is 7.14 Å². The standard InChI is InChI=1S/C18H25O2P/c1-12-10-13(2)17(14(3)11-12)18(19)21(20)15-6-4-7-16(21)9-5-8-15/h10-11,15-16H,4-9H2,1-3H3. The van der Waals surface area contributed by atoms with Crippen molar-refractivity contribution in [1.82, 2.24) is 0 Å². The first-order valence-electron chi connectivity index (χ1n) is 8.16. The fourth-order valence-electron chi connectivity index (χ4n) is 4.56. The maximum absolute atomic E-state index is 13.7. The molecule has 114 valence electrons. The largest absolute Gasteiger partial charge is 0.315 e.